The van der Waals surface area contributed by atoms with Gasteiger partial charge in [-0.2, -0.15) is 0 Å². The van der Waals surface area contributed by atoms with Gasteiger partial charge in [-0.3, -0.25) is 14.7 Å². The van der Waals surface area contributed by atoms with Crippen molar-refractivity contribution in [1.29, 1.82) is 0 Å². The predicted molar refractivity (Wildman–Crippen MR) is 34.8 cm³/mol. The average Bonchev–Trinajstić information content (AvgIpc) is 1.59. The summed E-state index contributed by atoms with van der Waals surface area (Å²) in [7, 11) is -4.10. The zero-order valence-electron chi connectivity index (χ0n) is 9.02. The van der Waals surface area contributed by atoms with E-state index >= 15 is 0 Å². The summed E-state index contributed by atoms with van der Waals surface area (Å²) in [6.07, 6.45) is -0.598. The largest absolute Gasteiger partial charge is 1.00 e. The molecule has 0 saturated heterocycles. The van der Waals surface area contributed by atoms with Gasteiger partial charge in [-0.1, -0.05) is 0 Å². The van der Waals surface area contributed by atoms with Crippen molar-refractivity contribution in [1.82, 2.24) is 5.32 Å². The van der Waals surface area contributed by atoms with Crippen LogP contribution in [0.2, 0.25) is 0 Å². The van der Waals surface area contributed by atoms with Crippen molar-refractivity contribution < 1.29 is 86.2 Å². The summed E-state index contributed by atoms with van der Waals surface area (Å²) in [5, 5.41) is 10.1. The van der Waals surface area contributed by atoms with Gasteiger partial charge >= 0.3 is 72.7 Å². The number of nitrogens with one attached hydrogen (secondary N) is 1. The molecule has 0 aromatic rings. The number of hydrogen-bond donors (Lipinski definition) is 4. The molecule has 0 aliphatic rings. The monoisotopic (exact) mass is 217 g/mol. The van der Waals surface area contributed by atoms with Crippen LogP contribution in [0.15, 0.2) is 0 Å². The van der Waals surface area contributed by atoms with E-state index in [0.29, 0.717) is 0 Å². The molecule has 0 radical (unpaired) electrons. The van der Waals surface area contributed by atoms with Gasteiger partial charge in [0.05, 0.1) is 12.8 Å². The third-order valence-corrected chi connectivity index (χ3v) is 1.23. The molecule has 0 spiro atoms. The van der Waals surface area contributed by atoms with Crippen molar-refractivity contribution >= 4 is 13.6 Å². The molecule has 0 aliphatic heterocycles. The Labute approximate surface area is 117 Å². The van der Waals surface area contributed by atoms with Crippen molar-refractivity contribution in [2.45, 2.75) is 0 Å². The van der Waals surface area contributed by atoms with Crippen molar-refractivity contribution in [2.75, 3.05) is 12.8 Å². The minimum absolute atomic E-state index is 0. The Morgan fingerprint density at radius 3 is 2.08 bits per heavy atom. The molecule has 0 saturated carbocycles. The standard InChI is InChI=1S/C3H8NO5P.2Na.2H/c5-3(6)1-4-2-10(7,8)9;;;;/h4H,1-2H2,(H,5,6)(H2,7,8,9);;;;/q;2*+1;2*-1. The van der Waals surface area contributed by atoms with Crippen molar-refractivity contribution in [2.24, 2.45) is 0 Å². The average molecular weight is 217 g/mol. The Morgan fingerprint density at radius 2 is 1.83 bits per heavy atom. The van der Waals surface area contributed by atoms with Crippen LogP contribution >= 0.6 is 7.60 Å². The molecule has 0 amide bonds. The first kappa shape index (κ1) is 19.2. The van der Waals surface area contributed by atoms with Crippen LogP contribution in [0.25, 0.3) is 0 Å². The number of carboxylic acids is 1. The fraction of sp³-hybridized carbons (Fsp3) is 0.667. The third kappa shape index (κ3) is 17.6. The van der Waals surface area contributed by atoms with Crippen LogP contribution in [0, 0.1) is 0 Å². The molecular formula is C3H10NNa2O5P. The zero-order chi connectivity index (χ0) is 8.20. The summed E-state index contributed by atoms with van der Waals surface area (Å²) >= 11 is 0. The normalized spacial score (nSPS) is 9.50. The maximum atomic E-state index is 10.1. The molecule has 12 heavy (non-hydrogen) atoms. The van der Waals surface area contributed by atoms with Crippen LogP contribution in [0.3, 0.4) is 0 Å². The van der Waals surface area contributed by atoms with Gasteiger partial charge in [0.2, 0.25) is 0 Å². The van der Waals surface area contributed by atoms with Crippen LogP contribution < -0.4 is 64.4 Å². The zero-order valence-corrected chi connectivity index (χ0v) is 11.9. The van der Waals surface area contributed by atoms with Crippen LogP contribution in [0.5, 0.6) is 0 Å². The Balaban J connectivity index is -0.0000000675. The molecule has 6 nitrogen and oxygen atoms in total. The van der Waals surface area contributed by atoms with E-state index in [1.807, 2.05) is 0 Å². The number of rotatable bonds is 4. The molecule has 0 atom stereocenters. The molecule has 0 bridgehead atoms. The van der Waals surface area contributed by atoms with E-state index in [-0.39, 0.29) is 62.0 Å². The second-order valence-electron chi connectivity index (χ2n) is 1.64. The fourth-order valence-electron chi connectivity index (χ4n) is 0.308. The van der Waals surface area contributed by atoms with Crippen molar-refractivity contribution in [3.63, 3.8) is 0 Å². The minimum atomic E-state index is -4.10. The van der Waals surface area contributed by atoms with Gasteiger partial charge in [-0.05, 0) is 0 Å². The molecule has 0 aromatic heterocycles. The maximum absolute atomic E-state index is 10.1. The van der Waals surface area contributed by atoms with Gasteiger partial charge in [-0.25, -0.2) is 0 Å². The molecular weight excluding hydrogens is 207 g/mol. The molecule has 64 valence electrons. The van der Waals surface area contributed by atoms with Crippen LogP contribution in [0.4, 0.5) is 0 Å². The number of carbonyl (C=O) groups is 1. The van der Waals surface area contributed by atoms with Crippen molar-refractivity contribution in [3.8, 4) is 0 Å². The first-order valence-corrected chi connectivity index (χ1v) is 4.18. The predicted octanol–water partition coefficient (Wildman–Crippen LogP) is -6.97. The summed E-state index contributed by atoms with van der Waals surface area (Å²) in [5.41, 5.74) is 0. The topological polar surface area (TPSA) is 107 Å². The number of carboxylic acid groups (broad SMARTS) is 1. The minimum Gasteiger partial charge on any atom is -1.00 e. The van der Waals surface area contributed by atoms with E-state index in [0.717, 1.165) is 0 Å². The van der Waals surface area contributed by atoms with Gasteiger partial charge < -0.3 is 17.7 Å². The molecule has 0 aliphatic carbocycles. The second-order valence-corrected chi connectivity index (χ2v) is 3.29. The first-order chi connectivity index (χ1) is 4.42. The Morgan fingerprint density at radius 1 is 1.42 bits per heavy atom. The first-order valence-electron chi connectivity index (χ1n) is 2.39. The molecule has 0 fully saturated rings. The van der Waals surface area contributed by atoms with E-state index < -0.39 is 26.4 Å². The number of aliphatic carboxylic acids is 1. The van der Waals surface area contributed by atoms with Gasteiger partial charge in [0.1, 0.15) is 0 Å². The summed E-state index contributed by atoms with van der Waals surface area (Å²) in [4.78, 5) is 26.1. The number of hydrogen-bond acceptors (Lipinski definition) is 3. The van der Waals surface area contributed by atoms with Crippen LogP contribution in [-0.2, 0) is 9.36 Å². The smallest absolute Gasteiger partial charge is 1.00 e. The Hall–Kier alpha value is 1.58. The Kier molecular flexibility index (Phi) is 14.6. The van der Waals surface area contributed by atoms with Gasteiger partial charge in [0.25, 0.3) is 0 Å². The van der Waals surface area contributed by atoms with E-state index in [9.17, 15) is 9.36 Å². The van der Waals surface area contributed by atoms with Crippen LogP contribution in [-0.4, -0.2) is 33.7 Å². The van der Waals surface area contributed by atoms with Gasteiger partial charge in [0.15, 0.2) is 0 Å². The third-order valence-electron chi connectivity index (χ3n) is 0.594. The molecule has 0 unspecified atom stereocenters. The van der Waals surface area contributed by atoms with Crippen molar-refractivity contribution in [3.05, 3.63) is 0 Å². The molecule has 0 aromatic carbocycles. The van der Waals surface area contributed by atoms with E-state index in [4.69, 9.17) is 14.9 Å². The maximum Gasteiger partial charge on any atom is 1.00 e. The summed E-state index contributed by atoms with van der Waals surface area (Å²) in [6.45, 7) is -0.439. The van der Waals surface area contributed by atoms with E-state index in [1.165, 1.54) is 0 Å². The molecule has 4 N–H and O–H groups in total. The molecule has 0 heterocycles. The summed E-state index contributed by atoms with van der Waals surface area (Å²) in [5.74, 6) is -1.14. The van der Waals surface area contributed by atoms with Gasteiger partial charge in [-0.15, -0.1) is 0 Å². The quantitative estimate of drug-likeness (QED) is 0.275. The van der Waals surface area contributed by atoms with Gasteiger partial charge in [0, 0.05) is 0 Å². The molecule has 0 rings (SSSR count). The summed E-state index contributed by atoms with van der Waals surface area (Å²) < 4.78 is 10.1. The molecule has 9 heteroatoms. The SMILES string of the molecule is O=C(O)CNCP(=O)(O)O.[H-].[H-].[Na+].[Na+]. The second kappa shape index (κ2) is 9.15. The van der Waals surface area contributed by atoms with E-state index in [2.05, 4.69) is 5.32 Å². The van der Waals surface area contributed by atoms with E-state index in [1.54, 1.807) is 0 Å². The summed E-state index contributed by atoms with van der Waals surface area (Å²) in [6, 6.07) is 0. The van der Waals surface area contributed by atoms with Crippen LogP contribution in [0.1, 0.15) is 2.85 Å². The Bertz CT molecular complexity index is 178. The fourth-order valence-corrected chi connectivity index (χ4v) is 0.712.